The van der Waals surface area contributed by atoms with Crippen molar-refractivity contribution in [3.63, 3.8) is 0 Å². The summed E-state index contributed by atoms with van der Waals surface area (Å²) in [5.74, 6) is 0.593. The second-order valence-corrected chi connectivity index (χ2v) is 27.9. The lowest BCUT2D eigenvalue weighted by atomic mass is 10.0. The molecule has 2 fully saturated rings. The Kier molecular flexibility index (Phi) is 54.2. The molecule has 3 aliphatic heterocycles. The molecule has 11 rings (SSSR count). The number of halogens is 5. The first kappa shape index (κ1) is 106. The number of nitrogens with zero attached hydrogens (tertiary/aromatic N) is 7. The van der Waals surface area contributed by atoms with Crippen molar-refractivity contribution in [1.82, 2.24) is 51.5 Å². The molecular formula is C89H109BrF4N14O17. The van der Waals surface area contributed by atoms with E-state index in [1.54, 1.807) is 65.1 Å². The third-order valence-electron chi connectivity index (χ3n) is 18.1. The van der Waals surface area contributed by atoms with Gasteiger partial charge in [-0.15, -0.1) is 0 Å². The molecule has 0 atom stereocenters. The molecular weight excluding hydrogens is 1690 g/mol. The van der Waals surface area contributed by atoms with Crippen LogP contribution in [0.3, 0.4) is 0 Å². The number of amides is 11. The van der Waals surface area contributed by atoms with E-state index in [1.807, 2.05) is 83.8 Å². The number of nitro benzene ring substituents is 2. The molecule has 31 nitrogen and oxygen atoms in total. The fraction of sp³-hybridized carbons (Fsp3) is 0.337. The van der Waals surface area contributed by atoms with Gasteiger partial charge in [0.1, 0.15) is 11.6 Å². The summed E-state index contributed by atoms with van der Waals surface area (Å²) in [5, 5.41) is 38.9. The van der Waals surface area contributed by atoms with Gasteiger partial charge in [-0.25, -0.2) is 9.18 Å². The molecule has 0 saturated carbocycles. The number of para-hydroxylation sites is 1. The fourth-order valence-corrected chi connectivity index (χ4v) is 12.2. The van der Waals surface area contributed by atoms with Crippen molar-refractivity contribution in [3.8, 4) is 5.75 Å². The van der Waals surface area contributed by atoms with Crippen molar-refractivity contribution in [2.75, 3.05) is 129 Å². The number of carbonyl (C=O) groups excluding carboxylic acids is 11. The van der Waals surface area contributed by atoms with Gasteiger partial charge in [-0.3, -0.25) is 68.2 Å². The molecule has 7 N–H and O–H groups in total. The van der Waals surface area contributed by atoms with E-state index in [-0.39, 0.29) is 29.2 Å². The van der Waals surface area contributed by atoms with Crippen LogP contribution in [-0.4, -0.2) is 218 Å². The molecule has 0 spiro atoms. The second kappa shape index (κ2) is 64.2. The van der Waals surface area contributed by atoms with Crippen LogP contribution < -0.4 is 46.9 Å². The quantitative estimate of drug-likeness (QED) is 0.00648. The number of hydrogen-bond donors (Lipinski definition) is 7. The van der Waals surface area contributed by atoms with Gasteiger partial charge in [0.2, 0.25) is 63.6 Å². The maximum Gasteiger partial charge on any atom is 0.416 e. The van der Waals surface area contributed by atoms with Gasteiger partial charge >= 0.3 is 12.3 Å². The highest BCUT2D eigenvalue weighted by molar-refractivity contribution is 9.10. The number of nitro groups is 2. The highest BCUT2D eigenvalue weighted by Gasteiger charge is 2.30. The highest BCUT2D eigenvalue weighted by Crippen LogP contribution is 2.30. The van der Waals surface area contributed by atoms with Crippen LogP contribution in [0.1, 0.15) is 70.3 Å². The number of nitrogens with one attached hydrogen (secondary N) is 7. The topological polar surface area (TPSA) is 393 Å². The summed E-state index contributed by atoms with van der Waals surface area (Å²) in [6, 6.07) is 56.3. The van der Waals surface area contributed by atoms with Crippen molar-refractivity contribution in [3.05, 3.63) is 275 Å². The minimum atomic E-state index is -4.31. The Bertz CT molecular complexity index is 4450. The number of methoxy groups -OCH3 is 1. The number of piperazine rings is 2. The third kappa shape index (κ3) is 46.8. The molecule has 0 radical (unpaired) electrons. The minimum absolute atomic E-state index is 0.0774. The van der Waals surface area contributed by atoms with E-state index in [2.05, 4.69) is 82.3 Å². The first-order valence-electron chi connectivity index (χ1n) is 39.9. The van der Waals surface area contributed by atoms with Gasteiger partial charge in [0.25, 0.3) is 11.4 Å². The van der Waals surface area contributed by atoms with E-state index < -0.39 is 21.6 Å². The van der Waals surface area contributed by atoms with Crippen molar-refractivity contribution < 1.29 is 89.6 Å². The Morgan fingerprint density at radius 3 is 1.34 bits per heavy atom. The standard InChI is InChI=1S/C11H13N3O3.C11H14N2O2.C11H15NO2.C11H13NO.C10H10F3NO.C9H10BrNO.C9H10FNO.C9H10N2O3.C8H14N2O3/c15-9-12-5-7-13(8-6-12)10-1-3-11(4-2-10)14(16)17;1-9(15)13-11-4-2-3-10(7-11)5-6-12-8-14;1-14-11-7-3-2-5-10(11)6-4-8-12-9-13;13-9-12-7-5-10-3-1-2-4-11(10)6-8-12;11-10(12,13)9-3-1-2-8(6-9)4-5-14-7-15;2*10-9-3-1-2-8(6-9)4-5-11-7-12;12-7-10-5-4-8-2-1-3-9(6-8)11(13)14;1-2-13-8(12)10-5-3-9(7-11)4-6-10/h1-4,9H,5-8H2;2-4,7-8H,5-6H2,1H3,(H,12,14)(H,13,15);2-3,5,7,9H,4,6,8H2,1H3,(H,12,13);1-4,9H,5-8H2;1-3,6-7H,4-5H2,(H,14,15);2*1-3,6-7H,4-5H2,(H,11,12);1-3,6-7H,4-5H2,(H,10,12);7H,2-6H2,1H3. The monoisotopic (exact) mass is 1800 g/mol. The number of rotatable bonds is 34. The number of alkyl halides is 3. The second-order valence-electron chi connectivity index (χ2n) is 27.0. The van der Waals surface area contributed by atoms with Gasteiger partial charge < -0.3 is 71.2 Å². The molecule has 36 heteroatoms. The predicted molar refractivity (Wildman–Crippen MR) is 471 cm³/mol. The van der Waals surface area contributed by atoms with Crippen molar-refractivity contribution in [2.24, 2.45) is 0 Å². The highest BCUT2D eigenvalue weighted by atomic mass is 79.9. The molecule has 3 heterocycles. The maximum absolute atomic E-state index is 12.6. The predicted octanol–water partition coefficient (Wildman–Crippen LogP) is 10.1. The van der Waals surface area contributed by atoms with Crippen LogP contribution >= 0.6 is 15.9 Å². The van der Waals surface area contributed by atoms with Crippen LogP contribution in [0.4, 0.5) is 45.1 Å². The number of anilines is 2. The Morgan fingerprint density at radius 2 is 0.888 bits per heavy atom. The molecule has 0 aromatic heterocycles. The summed E-state index contributed by atoms with van der Waals surface area (Å²) in [7, 11) is 1.67. The lowest BCUT2D eigenvalue weighted by Gasteiger charge is -2.34. The average Bonchev–Trinajstić information content (AvgIpc) is 1.55. The Labute approximate surface area is 732 Å². The summed E-state index contributed by atoms with van der Waals surface area (Å²) in [5.41, 5.74) is 9.82. The molecule has 125 heavy (non-hydrogen) atoms. The zero-order chi connectivity index (χ0) is 91.7. The number of hydrogen-bond acceptors (Lipinski definition) is 18. The molecule has 672 valence electrons. The van der Waals surface area contributed by atoms with Gasteiger partial charge in [-0.1, -0.05) is 125 Å². The van der Waals surface area contributed by atoms with Crippen LogP contribution in [0.5, 0.6) is 5.75 Å². The molecule has 8 aromatic rings. The zero-order valence-corrected chi connectivity index (χ0v) is 71.6. The number of ether oxygens (including phenoxy) is 2. The third-order valence-corrected chi connectivity index (χ3v) is 18.6. The normalized spacial score (nSPS) is 12.0. The Balaban J connectivity index is 0.000000364. The summed E-state index contributed by atoms with van der Waals surface area (Å²) in [6.07, 6.45) is 9.03. The van der Waals surface area contributed by atoms with Crippen LogP contribution in [0.15, 0.2) is 199 Å². The van der Waals surface area contributed by atoms with Crippen LogP contribution in [0.25, 0.3) is 0 Å². The van der Waals surface area contributed by atoms with Gasteiger partial charge in [0, 0.05) is 152 Å². The Morgan fingerprint density at radius 1 is 0.464 bits per heavy atom. The molecule has 8 aromatic carbocycles. The van der Waals surface area contributed by atoms with Crippen LogP contribution in [0, 0.1) is 26.0 Å². The molecule has 0 bridgehead atoms. The smallest absolute Gasteiger partial charge is 0.416 e. The molecule has 0 aliphatic carbocycles. The first-order chi connectivity index (χ1) is 60.4. The van der Waals surface area contributed by atoms with Gasteiger partial charge in [-0.05, 0) is 170 Å². The molecule has 11 amide bonds. The fourth-order valence-electron chi connectivity index (χ4n) is 11.7. The maximum atomic E-state index is 12.6. The minimum Gasteiger partial charge on any atom is -0.496 e. The SMILES string of the molecule is CC(=O)Nc1cccc(CCNC=O)c1.CCOC(=O)N1CCN(C=O)CC1.COc1ccccc1CCCNC=O.O=CN1CCN(c2ccc([N+](=O)[O-])cc2)CC1.O=CN1CCc2ccccc2CC1.O=CNCCc1cccc(Br)c1.O=CNCCc1cccc(C(F)(F)F)c1.O=CNCCc1cccc(F)c1.O=CNCCc1cccc([N+](=O)[O-])c1. The lowest BCUT2D eigenvalue weighted by Crippen LogP contribution is -2.48. The number of fused-ring (bicyclic) bond motifs is 1. The van der Waals surface area contributed by atoms with E-state index in [0.29, 0.717) is 136 Å². The lowest BCUT2D eigenvalue weighted by molar-refractivity contribution is -0.385. The van der Waals surface area contributed by atoms with Crippen LogP contribution in [0.2, 0.25) is 0 Å². The summed E-state index contributed by atoms with van der Waals surface area (Å²) in [6.45, 7) is 14.0. The number of carbonyl (C=O) groups is 11. The van der Waals surface area contributed by atoms with E-state index in [0.717, 1.165) is 147 Å². The first-order valence-corrected chi connectivity index (χ1v) is 40.7. The number of aryl methyl sites for hydroxylation is 1. The van der Waals surface area contributed by atoms with Gasteiger partial charge in [0.05, 0.1) is 29.1 Å². The molecule has 3 aliphatic rings. The van der Waals surface area contributed by atoms with Gasteiger partial charge in [-0.2, -0.15) is 13.2 Å². The van der Waals surface area contributed by atoms with E-state index in [4.69, 9.17) is 9.47 Å². The largest absolute Gasteiger partial charge is 0.496 e. The van der Waals surface area contributed by atoms with Crippen molar-refractivity contribution >= 4 is 108 Å². The summed E-state index contributed by atoms with van der Waals surface area (Å²) < 4.78 is 60.6. The van der Waals surface area contributed by atoms with E-state index in [9.17, 15) is 90.5 Å². The molecule has 2 saturated heterocycles. The zero-order valence-electron chi connectivity index (χ0n) is 70.0. The summed E-state index contributed by atoms with van der Waals surface area (Å²) in [4.78, 5) is 142. The van der Waals surface area contributed by atoms with Crippen molar-refractivity contribution in [1.29, 1.82) is 0 Å². The van der Waals surface area contributed by atoms with E-state index in [1.165, 1.54) is 71.6 Å². The Hall–Kier alpha value is -13.7. The van der Waals surface area contributed by atoms with Gasteiger partial charge in [0.15, 0.2) is 0 Å². The van der Waals surface area contributed by atoms with Crippen molar-refractivity contribution in [2.45, 2.75) is 77.8 Å². The van der Waals surface area contributed by atoms with E-state index >= 15 is 0 Å². The number of benzene rings is 8. The average molecular weight is 1800 g/mol. The number of non-ortho nitro benzene ring substituents is 2. The molecule has 0 unspecified atom stereocenters. The van der Waals surface area contributed by atoms with Crippen LogP contribution in [-0.2, 0) is 110 Å². The summed E-state index contributed by atoms with van der Waals surface area (Å²) >= 11 is 3.38.